The number of benzene rings is 2. The van der Waals surface area contributed by atoms with Crippen molar-refractivity contribution in [3.63, 3.8) is 0 Å². The van der Waals surface area contributed by atoms with Crippen molar-refractivity contribution < 1.29 is 14.3 Å². The van der Waals surface area contributed by atoms with Crippen LogP contribution in [-0.2, 0) is 16.1 Å². The van der Waals surface area contributed by atoms with Gasteiger partial charge in [-0.15, -0.1) is 5.10 Å². The molecule has 3 saturated heterocycles. The molecule has 3 aliphatic rings. The van der Waals surface area contributed by atoms with Crippen LogP contribution in [0.25, 0.3) is 11.1 Å². The van der Waals surface area contributed by atoms with Crippen molar-refractivity contribution in [1.29, 1.82) is 0 Å². The molecule has 222 valence electrons. The van der Waals surface area contributed by atoms with Gasteiger partial charge in [0.05, 0.1) is 25.4 Å². The molecule has 3 aliphatic heterocycles. The number of likely N-dealkylation sites (tertiary alicyclic amines) is 1. The summed E-state index contributed by atoms with van der Waals surface area (Å²) in [6.07, 6.45) is 8.45. The standard InChI is InChI=1S/C33H42N6O3/c1-23-9-3-4-13-28(23)25-11-7-10-24(17-25)20-38-21-27(39-22-29(35-36-39)33(41)42-2)18-31(38)32(40)34-19-26-12-8-16-37-15-6-5-14-30(26)37/h3-4,7,9-11,13,17,22,26-27,30-31H,5-6,8,12,14-16,18-21H2,1-2H3,(H,34,40)/t26-,27-,30+,31-/m0/s1. The number of rotatable bonds is 8. The predicted octanol–water partition coefficient (Wildman–Crippen LogP) is 4.24. The summed E-state index contributed by atoms with van der Waals surface area (Å²) in [5.74, 6) is 0.0776. The molecule has 1 N–H and O–H groups in total. The molecule has 42 heavy (non-hydrogen) atoms. The van der Waals surface area contributed by atoms with Gasteiger partial charge in [0.15, 0.2) is 5.69 Å². The monoisotopic (exact) mass is 570 g/mol. The molecule has 0 aliphatic carbocycles. The van der Waals surface area contributed by atoms with Crippen LogP contribution in [0.4, 0.5) is 0 Å². The van der Waals surface area contributed by atoms with Crippen LogP contribution in [0.2, 0.25) is 0 Å². The van der Waals surface area contributed by atoms with E-state index in [4.69, 9.17) is 4.74 Å². The van der Waals surface area contributed by atoms with E-state index < -0.39 is 5.97 Å². The maximum atomic E-state index is 13.8. The fourth-order valence-corrected chi connectivity index (χ4v) is 7.31. The minimum atomic E-state index is -0.511. The maximum Gasteiger partial charge on any atom is 0.360 e. The van der Waals surface area contributed by atoms with Crippen LogP contribution >= 0.6 is 0 Å². The highest BCUT2D eigenvalue weighted by Gasteiger charge is 2.39. The van der Waals surface area contributed by atoms with Gasteiger partial charge in [-0.3, -0.25) is 9.69 Å². The van der Waals surface area contributed by atoms with Crippen LogP contribution in [0.15, 0.2) is 54.7 Å². The SMILES string of the molecule is COC(=O)c1cn([C@H]2C[C@@H](C(=O)NC[C@@H]3CCCN4CCCC[C@H]34)N(Cc3cccc(-c4ccccc4C)c3)C2)nn1. The Balaban J connectivity index is 1.19. The Hall–Kier alpha value is -3.56. The Morgan fingerprint density at radius 2 is 1.90 bits per heavy atom. The topological polar surface area (TPSA) is 92.6 Å². The van der Waals surface area contributed by atoms with Gasteiger partial charge >= 0.3 is 5.97 Å². The largest absolute Gasteiger partial charge is 0.464 e. The van der Waals surface area contributed by atoms with Gasteiger partial charge in [-0.25, -0.2) is 9.48 Å². The van der Waals surface area contributed by atoms with E-state index in [1.165, 1.54) is 69.0 Å². The number of methoxy groups -OCH3 is 1. The number of nitrogens with one attached hydrogen (secondary N) is 1. The zero-order chi connectivity index (χ0) is 29.1. The number of nitrogens with zero attached hydrogens (tertiary/aromatic N) is 5. The molecule has 3 aromatic rings. The molecule has 9 nitrogen and oxygen atoms in total. The molecule has 0 bridgehead atoms. The van der Waals surface area contributed by atoms with E-state index in [2.05, 4.69) is 80.9 Å². The zero-order valence-electron chi connectivity index (χ0n) is 24.7. The summed E-state index contributed by atoms with van der Waals surface area (Å²) in [7, 11) is 1.34. The lowest BCUT2D eigenvalue weighted by atomic mass is 9.83. The molecule has 1 amide bonds. The van der Waals surface area contributed by atoms with Crippen molar-refractivity contribution in [2.45, 2.75) is 70.1 Å². The van der Waals surface area contributed by atoms with Crippen LogP contribution in [0.1, 0.15) is 66.2 Å². The zero-order valence-corrected chi connectivity index (χ0v) is 24.7. The number of piperidine rings is 2. The third-order valence-corrected chi connectivity index (χ3v) is 9.50. The molecule has 3 fully saturated rings. The van der Waals surface area contributed by atoms with Crippen LogP contribution in [0.3, 0.4) is 0 Å². The Labute approximate surface area is 248 Å². The van der Waals surface area contributed by atoms with Gasteiger partial charge in [0, 0.05) is 25.7 Å². The Kier molecular flexibility index (Phi) is 8.67. The maximum absolute atomic E-state index is 13.8. The molecule has 0 radical (unpaired) electrons. The minimum Gasteiger partial charge on any atom is -0.464 e. The van der Waals surface area contributed by atoms with E-state index in [0.717, 1.165) is 12.1 Å². The smallest absolute Gasteiger partial charge is 0.360 e. The summed E-state index contributed by atoms with van der Waals surface area (Å²) < 4.78 is 6.54. The third kappa shape index (κ3) is 6.13. The van der Waals surface area contributed by atoms with Crippen LogP contribution in [-0.4, -0.2) is 82.0 Å². The summed E-state index contributed by atoms with van der Waals surface area (Å²) in [6.45, 7) is 6.53. The number of amides is 1. The lowest BCUT2D eigenvalue weighted by Gasteiger charge is -2.44. The van der Waals surface area contributed by atoms with Crippen molar-refractivity contribution >= 4 is 11.9 Å². The second-order valence-corrected chi connectivity index (χ2v) is 12.2. The number of carbonyl (C=O) groups excluding carboxylic acids is 2. The highest BCUT2D eigenvalue weighted by Crippen LogP contribution is 2.32. The summed E-state index contributed by atoms with van der Waals surface area (Å²) in [5.41, 5.74) is 4.97. The number of hydrogen-bond acceptors (Lipinski definition) is 7. The van der Waals surface area contributed by atoms with Crippen molar-refractivity contribution in [3.05, 3.63) is 71.5 Å². The van der Waals surface area contributed by atoms with Gasteiger partial charge in [0.1, 0.15) is 0 Å². The van der Waals surface area contributed by atoms with Crippen molar-refractivity contribution in [1.82, 2.24) is 30.1 Å². The summed E-state index contributed by atoms with van der Waals surface area (Å²) >= 11 is 0. The van der Waals surface area contributed by atoms with E-state index >= 15 is 0 Å². The molecule has 0 unspecified atom stereocenters. The molecule has 9 heteroatoms. The lowest BCUT2D eigenvalue weighted by molar-refractivity contribution is -0.126. The highest BCUT2D eigenvalue weighted by molar-refractivity contribution is 5.86. The second-order valence-electron chi connectivity index (χ2n) is 12.2. The average Bonchev–Trinajstić information content (AvgIpc) is 3.68. The number of hydrogen-bond donors (Lipinski definition) is 1. The van der Waals surface area contributed by atoms with E-state index in [0.29, 0.717) is 31.5 Å². The molecule has 0 saturated carbocycles. The highest BCUT2D eigenvalue weighted by atomic mass is 16.5. The molecule has 6 rings (SSSR count). The Bertz CT molecular complexity index is 1400. The number of aromatic nitrogens is 3. The first-order chi connectivity index (χ1) is 20.5. The third-order valence-electron chi connectivity index (χ3n) is 9.50. The first-order valence-electron chi connectivity index (χ1n) is 15.4. The summed E-state index contributed by atoms with van der Waals surface area (Å²) in [5, 5.41) is 11.6. The van der Waals surface area contributed by atoms with Crippen LogP contribution in [0.5, 0.6) is 0 Å². The number of esters is 1. The van der Waals surface area contributed by atoms with Crippen molar-refractivity contribution in [2.75, 3.05) is 33.3 Å². The summed E-state index contributed by atoms with van der Waals surface area (Å²) in [4.78, 5) is 30.7. The van der Waals surface area contributed by atoms with E-state index in [1.807, 2.05) is 0 Å². The van der Waals surface area contributed by atoms with Crippen LogP contribution < -0.4 is 5.32 Å². The van der Waals surface area contributed by atoms with Gasteiger partial charge in [-0.1, -0.05) is 54.1 Å². The van der Waals surface area contributed by atoms with E-state index in [1.54, 1.807) is 10.9 Å². The molecule has 1 aromatic heterocycles. The van der Waals surface area contributed by atoms with E-state index in [9.17, 15) is 9.59 Å². The van der Waals surface area contributed by atoms with Gasteiger partial charge in [-0.05, 0) is 86.4 Å². The number of ether oxygens (including phenoxy) is 1. The van der Waals surface area contributed by atoms with Gasteiger partial charge in [-0.2, -0.15) is 0 Å². The Morgan fingerprint density at radius 3 is 2.76 bits per heavy atom. The first kappa shape index (κ1) is 28.6. The van der Waals surface area contributed by atoms with Crippen molar-refractivity contribution in [3.8, 4) is 11.1 Å². The fraction of sp³-hybridized carbons (Fsp3) is 0.515. The molecule has 4 heterocycles. The molecule has 0 spiro atoms. The minimum absolute atomic E-state index is 0.0743. The van der Waals surface area contributed by atoms with Crippen molar-refractivity contribution in [2.24, 2.45) is 5.92 Å². The van der Waals surface area contributed by atoms with Gasteiger partial charge in [0.25, 0.3) is 0 Å². The van der Waals surface area contributed by atoms with Gasteiger partial charge in [0.2, 0.25) is 5.91 Å². The number of fused-ring (bicyclic) bond motifs is 1. The average molecular weight is 571 g/mol. The first-order valence-corrected chi connectivity index (χ1v) is 15.4. The molecule has 2 aromatic carbocycles. The second kappa shape index (κ2) is 12.8. The lowest BCUT2D eigenvalue weighted by Crippen LogP contribution is -2.52. The van der Waals surface area contributed by atoms with Gasteiger partial charge < -0.3 is 15.0 Å². The molecular formula is C33H42N6O3. The summed E-state index contributed by atoms with van der Waals surface area (Å²) in [6, 6.07) is 17.2. The molecule has 4 atom stereocenters. The fourth-order valence-electron chi connectivity index (χ4n) is 7.31. The number of carbonyl (C=O) groups is 2. The molecular weight excluding hydrogens is 528 g/mol. The number of aryl methyl sites for hydroxylation is 1. The quantitative estimate of drug-likeness (QED) is 0.405. The predicted molar refractivity (Wildman–Crippen MR) is 161 cm³/mol. The van der Waals surface area contributed by atoms with E-state index in [-0.39, 0.29) is 23.7 Å². The van der Waals surface area contributed by atoms with Crippen LogP contribution in [0, 0.1) is 12.8 Å². The Morgan fingerprint density at radius 1 is 1.05 bits per heavy atom. The normalized spacial score (nSPS) is 24.7.